The first-order valence-corrected chi connectivity index (χ1v) is 13.5. The van der Waals surface area contributed by atoms with Crippen LogP contribution in [-0.2, 0) is 11.4 Å². The summed E-state index contributed by atoms with van der Waals surface area (Å²) in [5.74, 6) is 0.237. The molecular weight excluding hydrogens is 480 g/mol. The number of benzene rings is 2. The smallest absolute Gasteiger partial charge is 0.252 e. The second-order valence-corrected chi connectivity index (χ2v) is 10.2. The highest BCUT2D eigenvalue weighted by molar-refractivity contribution is 5.94. The van der Waals surface area contributed by atoms with Crippen LogP contribution < -0.4 is 15.5 Å². The summed E-state index contributed by atoms with van der Waals surface area (Å²) in [5.41, 5.74) is 4.73. The SMILES string of the molecule is CCC[C@@]1(NC(=O)c2ccc(OCc3cc(C)nc4ccccc34)cc2)CC(CC(=O)NO)CCN1CC. The Hall–Kier alpha value is -3.49. The van der Waals surface area contributed by atoms with Gasteiger partial charge in [-0.05, 0) is 75.0 Å². The molecule has 0 radical (unpaired) electrons. The Morgan fingerprint density at radius 1 is 1.16 bits per heavy atom. The Bertz CT molecular complexity index is 1260. The molecular formula is C30H38N4O4. The molecule has 2 aromatic carbocycles. The third kappa shape index (κ3) is 6.31. The van der Waals surface area contributed by atoms with Gasteiger partial charge in [0.15, 0.2) is 0 Å². The van der Waals surface area contributed by atoms with E-state index >= 15 is 0 Å². The van der Waals surface area contributed by atoms with Crippen molar-refractivity contribution in [3.8, 4) is 5.75 Å². The van der Waals surface area contributed by atoms with Crippen LogP contribution >= 0.6 is 0 Å². The van der Waals surface area contributed by atoms with E-state index in [2.05, 4.69) is 29.0 Å². The fourth-order valence-electron chi connectivity index (χ4n) is 5.73. The van der Waals surface area contributed by atoms with E-state index in [0.717, 1.165) is 54.5 Å². The average molecular weight is 519 g/mol. The molecule has 0 saturated carbocycles. The number of ether oxygens (including phenoxy) is 1. The molecule has 1 saturated heterocycles. The first kappa shape index (κ1) is 27.5. The van der Waals surface area contributed by atoms with Gasteiger partial charge in [0, 0.05) is 35.2 Å². The lowest BCUT2D eigenvalue weighted by Gasteiger charge is -2.50. The number of rotatable bonds is 10. The van der Waals surface area contributed by atoms with Gasteiger partial charge in [-0.15, -0.1) is 0 Å². The van der Waals surface area contributed by atoms with Crippen LogP contribution in [0.2, 0.25) is 0 Å². The van der Waals surface area contributed by atoms with Crippen LogP contribution in [0.15, 0.2) is 54.6 Å². The summed E-state index contributed by atoms with van der Waals surface area (Å²) in [5, 5.41) is 13.4. The predicted octanol–water partition coefficient (Wildman–Crippen LogP) is 4.98. The minimum atomic E-state index is -0.533. The number of amides is 2. The minimum absolute atomic E-state index is 0.0838. The van der Waals surface area contributed by atoms with Crippen LogP contribution in [0.4, 0.5) is 0 Å². The molecule has 38 heavy (non-hydrogen) atoms. The minimum Gasteiger partial charge on any atom is -0.489 e. The Morgan fingerprint density at radius 3 is 2.63 bits per heavy atom. The van der Waals surface area contributed by atoms with Crippen molar-refractivity contribution in [1.82, 2.24) is 20.7 Å². The predicted molar refractivity (Wildman–Crippen MR) is 147 cm³/mol. The molecule has 1 fully saturated rings. The van der Waals surface area contributed by atoms with Gasteiger partial charge >= 0.3 is 0 Å². The maximum Gasteiger partial charge on any atom is 0.252 e. The molecule has 202 valence electrons. The molecule has 8 heteroatoms. The van der Waals surface area contributed by atoms with Crippen LogP contribution in [0.1, 0.15) is 67.6 Å². The van der Waals surface area contributed by atoms with E-state index in [-0.39, 0.29) is 24.2 Å². The number of para-hydroxylation sites is 1. The Kier molecular flexibility index (Phi) is 8.97. The van der Waals surface area contributed by atoms with E-state index in [9.17, 15) is 9.59 Å². The molecule has 3 N–H and O–H groups in total. The molecule has 3 aromatic rings. The van der Waals surface area contributed by atoms with Crippen LogP contribution in [0.5, 0.6) is 5.75 Å². The second-order valence-electron chi connectivity index (χ2n) is 10.2. The van der Waals surface area contributed by atoms with Gasteiger partial charge in [-0.2, -0.15) is 0 Å². The number of nitrogens with zero attached hydrogens (tertiary/aromatic N) is 2. The molecule has 0 aliphatic carbocycles. The highest BCUT2D eigenvalue weighted by atomic mass is 16.5. The van der Waals surface area contributed by atoms with Crippen molar-refractivity contribution >= 4 is 22.7 Å². The summed E-state index contributed by atoms with van der Waals surface area (Å²) in [7, 11) is 0. The fourth-order valence-corrected chi connectivity index (χ4v) is 5.73. The summed E-state index contributed by atoms with van der Waals surface area (Å²) >= 11 is 0. The first-order chi connectivity index (χ1) is 18.4. The Morgan fingerprint density at radius 2 is 1.92 bits per heavy atom. The average Bonchev–Trinajstić information content (AvgIpc) is 2.92. The first-order valence-electron chi connectivity index (χ1n) is 13.5. The number of carbonyl (C=O) groups is 2. The van der Waals surface area contributed by atoms with E-state index in [0.29, 0.717) is 24.3 Å². The monoisotopic (exact) mass is 518 g/mol. The number of nitrogens with one attached hydrogen (secondary N) is 2. The van der Waals surface area contributed by atoms with Gasteiger partial charge in [0.05, 0.1) is 11.2 Å². The van der Waals surface area contributed by atoms with Crippen molar-refractivity contribution < 1.29 is 19.5 Å². The zero-order valence-corrected chi connectivity index (χ0v) is 22.5. The zero-order chi connectivity index (χ0) is 27.1. The van der Waals surface area contributed by atoms with Crippen LogP contribution in [0.3, 0.4) is 0 Å². The van der Waals surface area contributed by atoms with Gasteiger partial charge in [0.25, 0.3) is 5.91 Å². The molecule has 1 aliphatic rings. The number of piperidine rings is 1. The van der Waals surface area contributed by atoms with Crippen LogP contribution in [0, 0.1) is 12.8 Å². The zero-order valence-electron chi connectivity index (χ0n) is 22.5. The molecule has 2 heterocycles. The second kappa shape index (κ2) is 12.4. The van der Waals surface area contributed by atoms with Crippen LogP contribution in [-0.4, -0.2) is 45.7 Å². The highest BCUT2D eigenvalue weighted by Crippen LogP contribution is 2.35. The summed E-state index contributed by atoms with van der Waals surface area (Å²) in [6.45, 7) is 8.17. The van der Waals surface area contributed by atoms with Gasteiger partial charge in [-0.3, -0.25) is 24.7 Å². The van der Waals surface area contributed by atoms with Crippen molar-refractivity contribution in [2.45, 2.75) is 65.1 Å². The number of pyridine rings is 1. The normalized spacial score (nSPS) is 19.7. The van der Waals surface area contributed by atoms with Crippen molar-refractivity contribution in [3.05, 3.63) is 71.4 Å². The number of fused-ring (bicyclic) bond motifs is 1. The highest BCUT2D eigenvalue weighted by Gasteiger charge is 2.42. The number of hydroxylamine groups is 1. The number of aryl methyl sites for hydroxylation is 1. The van der Waals surface area contributed by atoms with Gasteiger partial charge in [0.2, 0.25) is 5.91 Å². The molecule has 1 unspecified atom stereocenters. The lowest BCUT2D eigenvalue weighted by atomic mass is 9.81. The molecule has 8 nitrogen and oxygen atoms in total. The number of likely N-dealkylation sites (tertiary alicyclic amines) is 1. The van der Waals surface area contributed by atoms with Gasteiger partial charge in [0.1, 0.15) is 12.4 Å². The number of hydrogen-bond donors (Lipinski definition) is 3. The van der Waals surface area contributed by atoms with Crippen molar-refractivity contribution in [2.75, 3.05) is 13.1 Å². The maximum atomic E-state index is 13.4. The molecule has 2 amide bonds. The maximum absolute atomic E-state index is 13.4. The largest absolute Gasteiger partial charge is 0.489 e. The summed E-state index contributed by atoms with van der Waals surface area (Å²) in [6, 6.07) is 17.3. The summed E-state index contributed by atoms with van der Waals surface area (Å²) in [6.07, 6.45) is 3.43. The third-order valence-electron chi connectivity index (χ3n) is 7.47. The van der Waals surface area contributed by atoms with E-state index < -0.39 is 5.66 Å². The lowest BCUT2D eigenvalue weighted by molar-refractivity contribution is -0.131. The van der Waals surface area contributed by atoms with E-state index in [1.165, 1.54) is 0 Å². The van der Waals surface area contributed by atoms with Crippen molar-refractivity contribution in [2.24, 2.45) is 5.92 Å². The third-order valence-corrected chi connectivity index (χ3v) is 7.47. The van der Waals surface area contributed by atoms with Gasteiger partial charge < -0.3 is 10.1 Å². The molecule has 2 atom stereocenters. The van der Waals surface area contributed by atoms with Gasteiger partial charge in [-0.1, -0.05) is 38.5 Å². The van der Waals surface area contributed by atoms with E-state index in [1.807, 2.05) is 49.4 Å². The quantitative estimate of drug-likeness (QED) is 0.258. The number of carbonyl (C=O) groups excluding carboxylic acids is 2. The van der Waals surface area contributed by atoms with E-state index in [4.69, 9.17) is 9.94 Å². The Labute approximate surface area is 224 Å². The van der Waals surface area contributed by atoms with Crippen molar-refractivity contribution in [3.63, 3.8) is 0 Å². The van der Waals surface area contributed by atoms with Crippen LogP contribution in [0.25, 0.3) is 10.9 Å². The summed E-state index contributed by atoms with van der Waals surface area (Å²) < 4.78 is 6.07. The van der Waals surface area contributed by atoms with Gasteiger partial charge in [-0.25, -0.2) is 5.48 Å². The fraction of sp³-hybridized carbons (Fsp3) is 0.433. The van der Waals surface area contributed by atoms with Crippen molar-refractivity contribution in [1.29, 1.82) is 0 Å². The lowest BCUT2D eigenvalue weighted by Crippen LogP contribution is -2.64. The molecule has 1 aliphatic heterocycles. The van der Waals surface area contributed by atoms with E-state index in [1.54, 1.807) is 17.6 Å². The topological polar surface area (TPSA) is 104 Å². The molecule has 0 spiro atoms. The molecule has 0 bridgehead atoms. The molecule has 4 rings (SSSR count). The number of aromatic nitrogens is 1. The Balaban J connectivity index is 1.46. The standard InChI is InChI=1S/C30H38N4O4/c1-4-15-30(19-22(18-28(35)33-37)14-16-34(30)5-2)32-29(36)23-10-12-25(13-11-23)38-20-24-17-21(3)31-27-9-7-6-8-26(24)27/h6-13,17,22,37H,4-5,14-16,18-20H2,1-3H3,(H,32,36)(H,33,35)/t22?,30-/m0/s1. The summed E-state index contributed by atoms with van der Waals surface area (Å²) in [4.78, 5) is 32.1. The number of hydrogen-bond acceptors (Lipinski definition) is 6. The molecule has 1 aromatic heterocycles.